The Kier molecular flexibility index (Phi) is 5.50. The van der Waals surface area contributed by atoms with Gasteiger partial charge in [0.05, 0.1) is 18.3 Å². The van der Waals surface area contributed by atoms with E-state index in [0.717, 1.165) is 24.8 Å². The first-order chi connectivity index (χ1) is 13.0. The molecule has 1 aromatic rings. The monoisotopic (exact) mass is 388 g/mol. The fraction of sp³-hybridized carbons (Fsp3) is 0.609. The van der Waals surface area contributed by atoms with Crippen LogP contribution in [-0.4, -0.2) is 35.0 Å². The summed E-state index contributed by atoms with van der Waals surface area (Å²) in [5.41, 5.74) is 0.626. The number of allylic oxidation sites excluding steroid dienone is 1. The molecule has 5 heteroatoms. The Hall–Kier alpha value is -2.01. The number of aromatic hydroxyl groups is 1. The van der Waals surface area contributed by atoms with E-state index in [1.54, 1.807) is 12.1 Å². The molecule has 0 heterocycles. The molecule has 3 rings (SSSR count). The van der Waals surface area contributed by atoms with Crippen LogP contribution in [0.4, 0.5) is 0 Å². The normalized spacial score (nSPS) is 31.9. The quantitative estimate of drug-likeness (QED) is 0.590. The number of rotatable bonds is 3. The molecular weight excluding hydrogens is 356 g/mol. The third-order valence-electron chi connectivity index (χ3n) is 6.72. The zero-order valence-corrected chi connectivity index (χ0v) is 17.5. The van der Waals surface area contributed by atoms with E-state index in [4.69, 9.17) is 9.47 Å². The molecule has 28 heavy (non-hydrogen) atoms. The number of carbonyl (C=O) groups is 1. The fourth-order valence-electron chi connectivity index (χ4n) is 4.89. The lowest BCUT2D eigenvalue weighted by atomic mass is 9.62. The maximum Gasteiger partial charge on any atom is 0.338 e. The van der Waals surface area contributed by atoms with Gasteiger partial charge >= 0.3 is 5.97 Å². The van der Waals surface area contributed by atoms with E-state index in [9.17, 15) is 15.0 Å². The molecule has 0 spiro atoms. The summed E-state index contributed by atoms with van der Waals surface area (Å²) in [6, 6.07) is 4.48. The standard InChI is InChI=1S/C23H32O5/c1-14-11-16-17(23(4,26)10-6-9-22(16,2)3)13-20(14)28-21(25)15-7-8-19(27-5)18(24)12-15/h7-8,11-12,16-17,20,24,26H,6,9-10,13H2,1-5H3/t16-,17+,20+,23-/m0/s1. The van der Waals surface area contributed by atoms with Crippen molar-refractivity contribution < 1.29 is 24.5 Å². The topological polar surface area (TPSA) is 76.0 Å². The molecule has 0 unspecified atom stereocenters. The second-order valence-electron chi connectivity index (χ2n) is 9.26. The third kappa shape index (κ3) is 3.90. The van der Waals surface area contributed by atoms with E-state index in [1.807, 2.05) is 13.8 Å². The molecule has 2 aliphatic rings. The number of esters is 1. The lowest BCUT2D eigenvalue weighted by molar-refractivity contribution is -0.0579. The smallest absolute Gasteiger partial charge is 0.338 e. The van der Waals surface area contributed by atoms with Crippen molar-refractivity contribution >= 4 is 5.97 Å². The van der Waals surface area contributed by atoms with Gasteiger partial charge in [0.15, 0.2) is 11.5 Å². The SMILES string of the molecule is COc1ccc(C(=O)O[C@@H]2C[C@@H]3[C@H](C=C2C)C(C)(C)CCC[C@]3(C)O)cc1O. The van der Waals surface area contributed by atoms with Crippen molar-refractivity contribution in [1.29, 1.82) is 0 Å². The summed E-state index contributed by atoms with van der Waals surface area (Å²) in [5.74, 6) is 0.0219. The number of hydrogen-bond acceptors (Lipinski definition) is 5. The summed E-state index contributed by atoms with van der Waals surface area (Å²) in [6.45, 7) is 8.45. The second kappa shape index (κ2) is 7.43. The van der Waals surface area contributed by atoms with Crippen LogP contribution < -0.4 is 4.74 Å². The van der Waals surface area contributed by atoms with Gasteiger partial charge in [-0.05, 0) is 74.1 Å². The summed E-state index contributed by atoms with van der Waals surface area (Å²) >= 11 is 0. The number of phenols is 1. The van der Waals surface area contributed by atoms with Crippen LogP contribution in [0.25, 0.3) is 0 Å². The summed E-state index contributed by atoms with van der Waals surface area (Å²) in [6.07, 6.45) is 5.27. The summed E-state index contributed by atoms with van der Waals surface area (Å²) in [4.78, 5) is 12.7. The Balaban J connectivity index is 1.84. The average molecular weight is 389 g/mol. The Morgan fingerprint density at radius 3 is 2.57 bits per heavy atom. The molecule has 0 amide bonds. The van der Waals surface area contributed by atoms with Crippen LogP contribution in [0.3, 0.4) is 0 Å². The van der Waals surface area contributed by atoms with Crippen LogP contribution in [0.15, 0.2) is 29.8 Å². The predicted octanol–water partition coefficient (Wildman–Crippen LogP) is 4.47. The molecule has 5 nitrogen and oxygen atoms in total. The van der Waals surface area contributed by atoms with Gasteiger partial charge in [0.25, 0.3) is 0 Å². The molecule has 154 valence electrons. The Morgan fingerprint density at radius 2 is 1.93 bits per heavy atom. The zero-order chi connectivity index (χ0) is 20.7. The number of fused-ring (bicyclic) bond motifs is 1. The summed E-state index contributed by atoms with van der Waals surface area (Å²) in [7, 11) is 1.46. The van der Waals surface area contributed by atoms with Crippen LogP contribution in [0.1, 0.15) is 63.7 Å². The van der Waals surface area contributed by atoms with Crippen molar-refractivity contribution in [2.75, 3.05) is 7.11 Å². The highest BCUT2D eigenvalue weighted by atomic mass is 16.5. The van der Waals surface area contributed by atoms with Crippen LogP contribution in [0.5, 0.6) is 11.5 Å². The minimum absolute atomic E-state index is 0.0378. The lowest BCUT2D eigenvalue weighted by Gasteiger charge is -2.45. The van der Waals surface area contributed by atoms with Crippen LogP contribution >= 0.6 is 0 Å². The largest absolute Gasteiger partial charge is 0.504 e. The van der Waals surface area contributed by atoms with E-state index in [2.05, 4.69) is 19.9 Å². The van der Waals surface area contributed by atoms with Gasteiger partial charge in [-0.15, -0.1) is 0 Å². The molecule has 2 N–H and O–H groups in total. The van der Waals surface area contributed by atoms with E-state index in [1.165, 1.54) is 13.2 Å². The number of ether oxygens (including phenoxy) is 2. The number of benzene rings is 1. The molecule has 0 saturated heterocycles. The van der Waals surface area contributed by atoms with E-state index in [0.29, 0.717) is 12.2 Å². The first-order valence-corrected chi connectivity index (χ1v) is 10.0. The van der Waals surface area contributed by atoms with Gasteiger partial charge in [0.1, 0.15) is 6.10 Å². The maximum atomic E-state index is 12.7. The maximum absolute atomic E-state index is 12.7. The second-order valence-corrected chi connectivity index (χ2v) is 9.26. The minimum atomic E-state index is -0.779. The van der Waals surface area contributed by atoms with E-state index >= 15 is 0 Å². The number of methoxy groups -OCH3 is 1. The summed E-state index contributed by atoms with van der Waals surface area (Å²) < 4.78 is 10.8. The first kappa shape index (κ1) is 20.7. The van der Waals surface area contributed by atoms with Crippen molar-refractivity contribution in [3.05, 3.63) is 35.4 Å². The molecule has 0 bridgehead atoms. The lowest BCUT2D eigenvalue weighted by Crippen LogP contribution is -2.46. The number of aliphatic hydroxyl groups is 1. The molecule has 1 fully saturated rings. The van der Waals surface area contributed by atoms with Gasteiger partial charge in [-0.2, -0.15) is 0 Å². The first-order valence-electron chi connectivity index (χ1n) is 10.0. The molecule has 4 atom stereocenters. The highest BCUT2D eigenvalue weighted by molar-refractivity contribution is 5.90. The molecule has 1 saturated carbocycles. The van der Waals surface area contributed by atoms with E-state index in [-0.39, 0.29) is 34.7 Å². The number of phenolic OH excluding ortho intramolecular Hbond substituents is 1. The van der Waals surface area contributed by atoms with Crippen LogP contribution in [0, 0.1) is 17.3 Å². The highest BCUT2D eigenvalue weighted by Gasteiger charge is 2.49. The fourth-order valence-corrected chi connectivity index (χ4v) is 4.89. The van der Waals surface area contributed by atoms with Gasteiger partial charge < -0.3 is 19.7 Å². The van der Waals surface area contributed by atoms with Crippen LogP contribution in [0.2, 0.25) is 0 Å². The molecule has 0 aliphatic heterocycles. The van der Waals surface area contributed by atoms with Gasteiger partial charge in [0, 0.05) is 0 Å². The van der Waals surface area contributed by atoms with E-state index < -0.39 is 11.6 Å². The third-order valence-corrected chi connectivity index (χ3v) is 6.72. The van der Waals surface area contributed by atoms with Crippen molar-refractivity contribution in [3.63, 3.8) is 0 Å². The van der Waals surface area contributed by atoms with Gasteiger partial charge in [-0.25, -0.2) is 4.79 Å². The molecule has 0 aromatic heterocycles. The van der Waals surface area contributed by atoms with Gasteiger partial charge in [-0.3, -0.25) is 0 Å². The minimum Gasteiger partial charge on any atom is -0.504 e. The molecule has 1 aromatic carbocycles. The van der Waals surface area contributed by atoms with Crippen LogP contribution in [-0.2, 0) is 4.74 Å². The van der Waals surface area contributed by atoms with Gasteiger partial charge in [0.2, 0.25) is 0 Å². The zero-order valence-electron chi connectivity index (χ0n) is 17.5. The predicted molar refractivity (Wildman–Crippen MR) is 107 cm³/mol. The Labute approximate surface area is 167 Å². The average Bonchev–Trinajstić information content (AvgIpc) is 2.69. The van der Waals surface area contributed by atoms with Gasteiger partial charge in [-0.1, -0.05) is 26.3 Å². The Morgan fingerprint density at radius 1 is 1.21 bits per heavy atom. The highest BCUT2D eigenvalue weighted by Crippen LogP contribution is 2.51. The molecule has 0 radical (unpaired) electrons. The van der Waals surface area contributed by atoms with Crippen molar-refractivity contribution in [2.45, 2.75) is 65.1 Å². The molecule has 2 aliphatic carbocycles. The summed E-state index contributed by atoms with van der Waals surface area (Å²) in [5, 5.41) is 21.0. The van der Waals surface area contributed by atoms with Crippen molar-refractivity contribution in [2.24, 2.45) is 17.3 Å². The molecular formula is C23H32O5. The Bertz CT molecular complexity index is 777. The van der Waals surface area contributed by atoms with Crippen molar-refractivity contribution in [3.8, 4) is 11.5 Å². The van der Waals surface area contributed by atoms with Crippen molar-refractivity contribution in [1.82, 2.24) is 0 Å². The number of carbonyl (C=O) groups excluding carboxylic acids is 1. The number of hydrogen-bond donors (Lipinski definition) is 2.